The van der Waals surface area contributed by atoms with Gasteiger partial charge in [0.25, 0.3) is 0 Å². The molecule has 2 N–H and O–H groups in total. The standard InChI is InChI=1S/C13H21FN2O/c1-9(2)4-13(8-17)16-10(3)11-5-12(14)7-15-6-11/h5-7,9-10,13,16-17H,4,8H2,1-3H3. The summed E-state index contributed by atoms with van der Waals surface area (Å²) in [7, 11) is 0. The molecular formula is C13H21FN2O. The van der Waals surface area contributed by atoms with Gasteiger partial charge >= 0.3 is 0 Å². The van der Waals surface area contributed by atoms with Crippen LogP contribution in [0.5, 0.6) is 0 Å². The number of nitrogens with zero attached hydrogens (tertiary/aromatic N) is 1. The second kappa shape index (κ2) is 6.67. The van der Waals surface area contributed by atoms with E-state index in [1.807, 2.05) is 6.92 Å². The van der Waals surface area contributed by atoms with E-state index in [4.69, 9.17) is 0 Å². The highest BCUT2D eigenvalue weighted by molar-refractivity contribution is 5.14. The number of aromatic nitrogens is 1. The van der Waals surface area contributed by atoms with Crippen LogP contribution in [0.2, 0.25) is 0 Å². The van der Waals surface area contributed by atoms with Crippen LogP contribution < -0.4 is 5.32 Å². The Morgan fingerprint density at radius 1 is 1.35 bits per heavy atom. The first-order valence-electron chi connectivity index (χ1n) is 6.00. The van der Waals surface area contributed by atoms with Crippen molar-refractivity contribution < 1.29 is 9.50 Å². The molecular weight excluding hydrogens is 219 g/mol. The molecule has 3 nitrogen and oxygen atoms in total. The Morgan fingerprint density at radius 3 is 2.59 bits per heavy atom. The fourth-order valence-electron chi connectivity index (χ4n) is 1.88. The van der Waals surface area contributed by atoms with Gasteiger partial charge in [-0.05, 0) is 30.9 Å². The second-order valence-corrected chi connectivity index (χ2v) is 4.83. The zero-order chi connectivity index (χ0) is 12.8. The Bertz CT molecular complexity index is 344. The molecule has 2 atom stereocenters. The number of aliphatic hydroxyl groups excluding tert-OH is 1. The minimum atomic E-state index is -0.333. The van der Waals surface area contributed by atoms with Crippen LogP contribution in [-0.4, -0.2) is 22.7 Å². The molecule has 0 fully saturated rings. The van der Waals surface area contributed by atoms with E-state index in [-0.39, 0.29) is 24.5 Å². The maximum atomic E-state index is 13.0. The molecule has 1 aromatic heterocycles. The van der Waals surface area contributed by atoms with Crippen molar-refractivity contribution in [1.29, 1.82) is 0 Å². The highest BCUT2D eigenvalue weighted by Crippen LogP contribution is 2.14. The maximum Gasteiger partial charge on any atom is 0.141 e. The quantitative estimate of drug-likeness (QED) is 0.802. The lowest BCUT2D eigenvalue weighted by atomic mass is 10.0. The third kappa shape index (κ3) is 4.79. The Kier molecular flexibility index (Phi) is 5.51. The molecule has 96 valence electrons. The Hall–Kier alpha value is -1.00. The molecule has 1 heterocycles. The van der Waals surface area contributed by atoms with Crippen LogP contribution in [0.25, 0.3) is 0 Å². The van der Waals surface area contributed by atoms with Crippen LogP contribution in [0.3, 0.4) is 0 Å². The summed E-state index contributed by atoms with van der Waals surface area (Å²) in [5, 5.41) is 12.6. The van der Waals surface area contributed by atoms with Crippen molar-refractivity contribution in [3.05, 3.63) is 29.8 Å². The molecule has 17 heavy (non-hydrogen) atoms. The molecule has 2 unspecified atom stereocenters. The van der Waals surface area contributed by atoms with E-state index in [2.05, 4.69) is 24.1 Å². The molecule has 0 spiro atoms. The molecule has 0 aliphatic carbocycles. The van der Waals surface area contributed by atoms with Crippen molar-refractivity contribution in [3.8, 4) is 0 Å². The van der Waals surface area contributed by atoms with Crippen LogP contribution >= 0.6 is 0 Å². The van der Waals surface area contributed by atoms with Gasteiger partial charge in [-0.2, -0.15) is 0 Å². The van der Waals surface area contributed by atoms with E-state index in [9.17, 15) is 9.50 Å². The zero-order valence-corrected chi connectivity index (χ0v) is 10.7. The lowest BCUT2D eigenvalue weighted by Crippen LogP contribution is -2.35. The van der Waals surface area contributed by atoms with Gasteiger partial charge in [-0.3, -0.25) is 4.98 Å². The predicted molar refractivity (Wildman–Crippen MR) is 66.1 cm³/mol. The molecule has 1 rings (SSSR count). The minimum Gasteiger partial charge on any atom is -0.395 e. The summed E-state index contributed by atoms with van der Waals surface area (Å²) in [5.41, 5.74) is 0.798. The van der Waals surface area contributed by atoms with E-state index in [0.29, 0.717) is 5.92 Å². The van der Waals surface area contributed by atoms with E-state index < -0.39 is 0 Å². The summed E-state index contributed by atoms with van der Waals surface area (Å²) in [4.78, 5) is 3.82. The zero-order valence-electron chi connectivity index (χ0n) is 10.7. The van der Waals surface area contributed by atoms with Gasteiger partial charge < -0.3 is 10.4 Å². The van der Waals surface area contributed by atoms with Gasteiger partial charge in [-0.15, -0.1) is 0 Å². The SMILES string of the molecule is CC(C)CC(CO)NC(C)c1cncc(F)c1. The first-order valence-corrected chi connectivity index (χ1v) is 6.00. The molecule has 0 bridgehead atoms. The Labute approximate surface area is 102 Å². The van der Waals surface area contributed by atoms with Crippen LogP contribution in [0.4, 0.5) is 4.39 Å². The van der Waals surface area contributed by atoms with Gasteiger partial charge in [0.15, 0.2) is 0 Å². The highest BCUT2D eigenvalue weighted by Gasteiger charge is 2.14. The summed E-state index contributed by atoms with van der Waals surface area (Å²) in [6, 6.07) is 1.48. The number of rotatable bonds is 6. The fourth-order valence-corrected chi connectivity index (χ4v) is 1.88. The van der Waals surface area contributed by atoms with Crippen molar-refractivity contribution in [2.45, 2.75) is 39.3 Å². The summed E-state index contributed by atoms with van der Waals surface area (Å²) in [6.45, 7) is 6.25. The van der Waals surface area contributed by atoms with Crippen LogP contribution in [0.15, 0.2) is 18.5 Å². The normalized spacial score (nSPS) is 14.9. The molecule has 0 radical (unpaired) electrons. The summed E-state index contributed by atoms with van der Waals surface area (Å²) < 4.78 is 13.0. The number of nitrogens with one attached hydrogen (secondary N) is 1. The maximum absolute atomic E-state index is 13.0. The average molecular weight is 240 g/mol. The highest BCUT2D eigenvalue weighted by atomic mass is 19.1. The first kappa shape index (κ1) is 14.1. The van der Waals surface area contributed by atoms with Gasteiger partial charge in [0.05, 0.1) is 12.8 Å². The lowest BCUT2D eigenvalue weighted by molar-refractivity contribution is 0.215. The van der Waals surface area contributed by atoms with E-state index in [0.717, 1.165) is 12.0 Å². The van der Waals surface area contributed by atoms with Crippen molar-refractivity contribution in [3.63, 3.8) is 0 Å². The largest absolute Gasteiger partial charge is 0.395 e. The number of pyridine rings is 1. The Morgan fingerprint density at radius 2 is 2.06 bits per heavy atom. The smallest absolute Gasteiger partial charge is 0.141 e. The molecule has 0 saturated carbocycles. The van der Waals surface area contributed by atoms with Gasteiger partial charge in [-0.25, -0.2) is 4.39 Å². The van der Waals surface area contributed by atoms with Crippen LogP contribution in [0.1, 0.15) is 38.8 Å². The molecule has 0 aliphatic rings. The van der Waals surface area contributed by atoms with Crippen molar-refractivity contribution >= 4 is 0 Å². The third-order valence-electron chi connectivity index (χ3n) is 2.69. The van der Waals surface area contributed by atoms with E-state index >= 15 is 0 Å². The minimum absolute atomic E-state index is 0.0194. The molecule has 4 heteroatoms. The summed E-state index contributed by atoms with van der Waals surface area (Å²) in [5.74, 6) is 0.179. The topological polar surface area (TPSA) is 45.1 Å². The molecule has 1 aromatic rings. The Balaban J connectivity index is 2.60. The van der Waals surface area contributed by atoms with Gasteiger partial charge in [0.2, 0.25) is 0 Å². The van der Waals surface area contributed by atoms with Gasteiger partial charge in [0.1, 0.15) is 5.82 Å². The fraction of sp³-hybridized carbons (Fsp3) is 0.615. The first-order chi connectivity index (χ1) is 8.02. The van der Waals surface area contributed by atoms with Crippen molar-refractivity contribution in [2.24, 2.45) is 5.92 Å². The van der Waals surface area contributed by atoms with Crippen LogP contribution in [-0.2, 0) is 0 Å². The van der Waals surface area contributed by atoms with Crippen molar-refractivity contribution in [2.75, 3.05) is 6.61 Å². The van der Waals surface area contributed by atoms with Gasteiger partial charge in [-0.1, -0.05) is 13.8 Å². The molecule has 0 aromatic carbocycles. The second-order valence-electron chi connectivity index (χ2n) is 4.83. The molecule has 0 aliphatic heterocycles. The third-order valence-corrected chi connectivity index (χ3v) is 2.69. The van der Waals surface area contributed by atoms with Crippen molar-refractivity contribution in [1.82, 2.24) is 10.3 Å². The molecule has 0 amide bonds. The van der Waals surface area contributed by atoms with Gasteiger partial charge in [0, 0.05) is 18.3 Å². The summed E-state index contributed by atoms with van der Waals surface area (Å²) >= 11 is 0. The monoisotopic (exact) mass is 240 g/mol. The summed E-state index contributed by atoms with van der Waals surface area (Å²) in [6.07, 6.45) is 3.72. The number of hydrogen-bond donors (Lipinski definition) is 2. The average Bonchev–Trinajstić information content (AvgIpc) is 2.27. The molecule has 0 saturated heterocycles. The lowest BCUT2D eigenvalue weighted by Gasteiger charge is -2.23. The van der Waals surface area contributed by atoms with E-state index in [1.165, 1.54) is 12.3 Å². The number of halogens is 1. The number of hydrogen-bond acceptors (Lipinski definition) is 3. The predicted octanol–water partition coefficient (Wildman–Crippen LogP) is 2.28. The van der Waals surface area contributed by atoms with E-state index in [1.54, 1.807) is 6.20 Å². The van der Waals surface area contributed by atoms with Crippen LogP contribution in [0, 0.1) is 11.7 Å². The number of aliphatic hydroxyl groups is 1.